The van der Waals surface area contributed by atoms with Gasteiger partial charge in [0.05, 0.1) is 24.2 Å². The number of aliphatic carboxylic acids is 1. The van der Waals surface area contributed by atoms with E-state index in [1.165, 1.54) is 0 Å². The molecule has 0 aromatic carbocycles. The molecule has 1 aromatic rings. The number of hydrogen-bond acceptors (Lipinski definition) is 3. The van der Waals surface area contributed by atoms with Crippen molar-refractivity contribution in [2.75, 3.05) is 0 Å². The van der Waals surface area contributed by atoms with Crippen LogP contribution in [0.1, 0.15) is 11.3 Å². The van der Waals surface area contributed by atoms with Crippen LogP contribution in [-0.4, -0.2) is 22.4 Å². The first-order chi connectivity index (χ1) is 8.24. The summed E-state index contributed by atoms with van der Waals surface area (Å²) >= 11 is 7.24. The number of carboxylic acids is 1. The van der Waals surface area contributed by atoms with Gasteiger partial charge in [-0.25, -0.2) is 0 Å². The van der Waals surface area contributed by atoms with Crippen LogP contribution in [0, 0.1) is 3.57 Å². The van der Waals surface area contributed by atoms with E-state index < -0.39 is 24.5 Å². The number of halogens is 5. The summed E-state index contributed by atoms with van der Waals surface area (Å²) in [6.45, 7) is 0. The number of carboxylic acid groups (broad SMARTS) is 1. The van der Waals surface area contributed by atoms with Gasteiger partial charge in [0.2, 0.25) is 0 Å². The zero-order valence-electron chi connectivity index (χ0n) is 8.59. The van der Waals surface area contributed by atoms with E-state index >= 15 is 0 Å². The van der Waals surface area contributed by atoms with Crippen molar-refractivity contribution >= 4 is 40.2 Å². The fourth-order valence-electron chi connectivity index (χ4n) is 1.16. The van der Waals surface area contributed by atoms with Gasteiger partial charge < -0.3 is 9.84 Å². The Balaban J connectivity index is 3.16. The van der Waals surface area contributed by atoms with Gasteiger partial charge >= 0.3 is 12.3 Å². The summed E-state index contributed by atoms with van der Waals surface area (Å²) in [6.07, 6.45) is -4.42. The topological polar surface area (TPSA) is 59.4 Å². The summed E-state index contributed by atoms with van der Waals surface area (Å²) < 4.78 is 40.4. The van der Waals surface area contributed by atoms with Crippen molar-refractivity contribution in [2.45, 2.75) is 18.7 Å². The number of carbonyl (C=O) groups is 1. The molecule has 100 valence electrons. The highest BCUT2D eigenvalue weighted by molar-refractivity contribution is 14.1. The van der Waals surface area contributed by atoms with E-state index in [0.29, 0.717) is 0 Å². The molecule has 0 aliphatic heterocycles. The number of rotatable bonds is 4. The van der Waals surface area contributed by atoms with Crippen LogP contribution in [0.3, 0.4) is 0 Å². The van der Waals surface area contributed by atoms with E-state index in [4.69, 9.17) is 16.7 Å². The van der Waals surface area contributed by atoms with Crippen molar-refractivity contribution < 1.29 is 27.8 Å². The first-order valence-corrected chi connectivity index (χ1v) is 6.05. The molecule has 0 saturated heterocycles. The molecule has 1 N–H and O–H groups in total. The van der Waals surface area contributed by atoms with Gasteiger partial charge in [0.15, 0.2) is 5.75 Å². The van der Waals surface area contributed by atoms with Crippen molar-refractivity contribution in [3.63, 3.8) is 0 Å². The molecule has 0 saturated carbocycles. The largest absolute Gasteiger partial charge is 0.573 e. The third-order valence-corrected chi connectivity index (χ3v) is 3.37. The Morgan fingerprint density at radius 2 is 2.17 bits per heavy atom. The molecular weight excluding hydrogens is 389 g/mol. The average molecular weight is 396 g/mol. The predicted molar refractivity (Wildman–Crippen MR) is 64.5 cm³/mol. The molecule has 1 aromatic heterocycles. The Bertz CT molecular complexity index is 467. The first-order valence-electron chi connectivity index (χ1n) is 4.44. The van der Waals surface area contributed by atoms with Gasteiger partial charge in [-0.15, -0.1) is 24.8 Å². The fraction of sp³-hybridized carbons (Fsp3) is 0.333. The number of alkyl halides is 4. The SMILES string of the molecule is O=C(O)Cc1ncc(OC(F)(F)F)c(CCl)c1I. The molecule has 0 amide bonds. The van der Waals surface area contributed by atoms with Crippen LogP contribution < -0.4 is 4.74 Å². The van der Waals surface area contributed by atoms with E-state index in [0.717, 1.165) is 6.20 Å². The second kappa shape index (κ2) is 5.91. The lowest BCUT2D eigenvalue weighted by molar-refractivity contribution is -0.275. The molecule has 0 aliphatic carbocycles. The summed E-state index contributed by atoms with van der Waals surface area (Å²) in [5, 5.41) is 8.62. The van der Waals surface area contributed by atoms with Crippen molar-refractivity contribution in [2.24, 2.45) is 0 Å². The van der Waals surface area contributed by atoms with Gasteiger partial charge in [-0.2, -0.15) is 0 Å². The molecule has 18 heavy (non-hydrogen) atoms. The predicted octanol–water partition coefficient (Wildman–Crippen LogP) is 2.95. The maximum Gasteiger partial charge on any atom is 0.573 e. The van der Waals surface area contributed by atoms with Crippen molar-refractivity contribution in [3.8, 4) is 5.75 Å². The second-order valence-corrected chi connectivity index (χ2v) is 4.46. The van der Waals surface area contributed by atoms with Gasteiger partial charge in [-0.1, -0.05) is 0 Å². The first kappa shape index (κ1) is 15.3. The standard InChI is InChI=1S/C9H6ClF3INO3/c10-2-4-6(18-9(11,12)13)3-15-5(8(4)14)1-7(16)17/h3H,1-2H2,(H,16,17). The minimum Gasteiger partial charge on any atom is -0.481 e. The zero-order chi connectivity index (χ0) is 13.9. The lowest BCUT2D eigenvalue weighted by atomic mass is 10.2. The third kappa shape index (κ3) is 4.16. The third-order valence-electron chi connectivity index (χ3n) is 1.83. The zero-order valence-corrected chi connectivity index (χ0v) is 11.5. The Kier molecular flexibility index (Phi) is 5.02. The van der Waals surface area contributed by atoms with Crippen LogP contribution in [0.25, 0.3) is 0 Å². The minimum absolute atomic E-state index is 0.0702. The van der Waals surface area contributed by atoms with E-state index in [1.807, 2.05) is 0 Å². The lowest BCUT2D eigenvalue weighted by Crippen LogP contribution is -2.19. The number of ether oxygens (including phenoxy) is 1. The molecular formula is C9H6ClF3INO3. The summed E-state index contributed by atoms with van der Waals surface area (Å²) in [5.74, 6) is -1.89. The summed E-state index contributed by atoms with van der Waals surface area (Å²) in [4.78, 5) is 14.2. The van der Waals surface area contributed by atoms with E-state index in [1.54, 1.807) is 22.6 Å². The Labute approximate surface area is 118 Å². The molecule has 0 fully saturated rings. The number of nitrogens with zero attached hydrogens (tertiary/aromatic N) is 1. The lowest BCUT2D eigenvalue weighted by Gasteiger charge is -2.14. The summed E-state index contributed by atoms with van der Waals surface area (Å²) in [7, 11) is 0. The van der Waals surface area contributed by atoms with Gasteiger partial charge in [-0.3, -0.25) is 9.78 Å². The molecule has 0 aliphatic rings. The van der Waals surface area contributed by atoms with Crippen LogP contribution >= 0.6 is 34.2 Å². The maximum atomic E-state index is 12.1. The van der Waals surface area contributed by atoms with Gasteiger partial charge in [0.25, 0.3) is 0 Å². The van der Waals surface area contributed by atoms with Gasteiger partial charge in [-0.05, 0) is 22.6 Å². The van der Waals surface area contributed by atoms with E-state index in [2.05, 4.69) is 9.72 Å². The monoisotopic (exact) mass is 395 g/mol. The maximum absolute atomic E-state index is 12.1. The normalized spacial score (nSPS) is 11.4. The van der Waals surface area contributed by atoms with Crippen LogP contribution in [0.15, 0.2) is 6.20 Å². The van der Waals surface area contributed by atoms with E-state index in [-0.39, 0.29) is 20.7 Å². The highest BCUT2D eigenvalue weighted by Crippen LogP contribution is 2.31. The quantitative estimate of drug-likeness (QED) is 0.629. The van der Waals surface area contributed by atoms with Crippen molar-refractivity contribution in [3.05, 3.63) is 21.0 Å². The summed E-state index contributed by atoms with van der Waals surface area (Å²) in [6, 6.07) is 0. The molecule has 0 bridgehead atoms. The number of hydrogen-bond donors (Lipinski definition) is 1. The molecule has 0 radical (unpaired) electrons. The van der Waals surface area contributed by atoms with Crippen LogP contribution in [0.2, 0.25) is 0 Å². The molecule has 0 atom stereocenters. The highest BCUT2D eigenvalue weighted by Gasteiger charge is 2.33. The Morgan fingerprint density at radius 3 is 2.61 bits per heavy atom. The fourth-order valence-corrected chi connectivity index (χ4v) is 2.43. The molecule has 0 spiro atoms. The smallest absolute Gasteiger partial charge is 0.481 e. The summed E-state index contributed by atoms with van der Waals surface area (Å²) in [5.41, 5.74) is 0.217. The number of pyridine rings is 1. The second-order valence-electron chi connectivity index (χ2n) is 3.11. The molecule has 1 heterocycles. The van der Waals surface area contributed by atoms with Gasteiger partial charge in [0.1, 0.15) is 0 Å². The average Bonchev–Trinajstić information content (AvgIpc) is 2.20. The Morgan fingerprint density at radius 1 is 1.56 bits per heavy atom. The van der Waals surface area contributed by atoms with Crippen LogP contribution in [0.5, 0.6) is 5.75 Å². The van der Waals surface area contributed by atoms with E-state index in [9.17, 15) is 18.0 Å². The van der Waals surface area contributed by atoms with Crippen molar-refractivity contribution in [1.82, 2.24) is 4.98 Å². The van der Waals surface area contributed by atoms with Crippen LogP contribution in [0.4, 0.5) is 13.2 Å². The Hall–Kier alpha value is -0.770. The minimum atomic E-state index is -4.85. The highest BCUT2D eigenvalue weighted by atomic mass is 127. The molecule has 4 nitrogen and oxygen atoms in total. The molecule has 1 rings (SSSR count). The number of aromatic nitrogens is 1. The van der Waals surface area contributed by atoms with Gasteiger partial charge in [0, 0.05) is 9.13 Å². The van der Waals surface area contributed by atoms with Crippen molar-refractivity contribution in [1.29, 1.82) is 0 Å². The van der Waals surface area contributed by atoms with Crippen LogP contribution in [-0.2, 0) is 17.1 Å². The molecule has 0 unspecified atom stereocenters. The molecule has 9 heteroatoms.